The van der Waals surface area contributed by atoms with E-state index in [9.17, 15) is 9.18 Å². The van der Waals surface area contributed by atoms with Gasteiger partial charge in [0.25, 0.3) is 0 Å². The van der Waals surface area contributed by atoms with E-state index < -0.39 is 12.0 Å². The molecule has 0 amide bonds. The van der Waals surface area contributed by atoms with Gasteiger partial charge in [0.15, 0.2) is 0 Å². The van der Waals surface area contributed by atoms with Crippen molar-refractivity contribution in [3.05, 3.63) is 35.6 Å². The fourth-order valence-electron chi connectivity index (χ4n) is 1.26. The first kappa shape index (κ1) is 12.6. The number of nitrogens with two attached hydrogens (primary N) is 1. The zero-order chi connectivity index (χ0) is 12.1. The van der Waals surface area contributed by atoms with Gasteiger partial charge in [-0.2, -0.15) is 0 Å². The Hall–Kier alpha value is -1.46. The molecule has 4 nitrogen and oxygen atoms in total. The van der Waals surface area contributed by atoms with Crippen LogP contribution in [0.3, 0.4) is 0 Å². The molecule has 2 atom stereocenters. The van der Waals surface area contributed by atoms with E-state index >= 15 is 0 Å². The number of carbonyl (C=O) groups is 1. The molecule has 0 aromatic heterocycles. The van der Waals surface area contributed by atoms with Crippen molar-refractivity contribution in [1.82, 2.24) is 5.32 Å². The van der Waals surface area contributed by atoms with Gasteiger partial charge in [-0.25, -0.2) is 4.39 Å². The quantitative estimate of drug-likeness (QED) is 0.697. The van der Waals surface area contributed by atoms with Crippen LogP contribution < -0.4 is 11.1 Å². The molecule has 0 spiro atoms. The number of halogens is 1. The van der Waals surface area contributed by atoms with Crippen LogP contribution in [0.1, 0.15) is 18.5 Å². The summed E-state index contributed by atoms with van der Waals surface area (Å²) in [5, 5.41) is 11.6. The number of aliphatic carboxylic acids is 1. The van der Waals surface area contributed by atoms with Crippen LogP contribution in [0.5, 0.6) is 0 Å². The number of hydrogen-bond donors (Lipinski definition) is 3. The molecular weight excluding hydrogens is 211 g/mol. The van der Waals surface area contributed by atoms with Gasteiger partial charge >= 0.3 is 5.97 Å². The van der Waals surface area contributed by atoms with Crippen molar-refractivity contribution in [1.29, 1.82) is 0 Å². The van der Waals surface area contributed by atoms with Gasteiger partial charge in [0.2, 0.25) is 0 Å². The molecule has 5 heteroatoms. The number of rotatable bonds is 5. The number of carboxylic acids is 1. The van der Waals surface area contributed by atoms with E-state index in [1.165, 1.54) is 12.1 Å². The van der Waals surface area contributed by atoms with Crippen molar-refractivity contribution in [2.75, 3.05) is 6.54 Å². The average molecular weight is 226 g/mol. The third-order valence-corrected chi connectivity index (χ3v) is 2.33. The maximum atomic E-state index is 12.7. The lowest BCUT2D eigenvalue weighted by Crippen LogP contribution is -2.41. The molecular formula is C11H15FN2O2. The van der Waals surface area contributed by atoms with Crippen molar-refractivity contribution < 1.29 is 14.3 Å². The molecule has 0 heterocycles. The summed E-state index contributed by atoms with van der Waals surface area (Å²) in [4.78, 5) is 10.5. The van der Waals surface area contributed by atoms with Crippen LogP contribution in [0, 0.1) is 5.82 Å². The van der Waals surface area contributed by atoms with Crippen molar-refractivity contribution in [3.63, 3.8) is 0 Å². The fourth-order valence-corrected chi connectivity index (χ4v) is 1.26. The Labute approximate surface area is 93.3 Å². The Balaban J connectivity index is 2.49. The zero-order valence-corrected chi connectivity index (χ0v) is 8.98. The van der Waals surface area contributed by atoms with E-state index in [0.717, 1.165) is 5.56 Å². The lowest BCUT2D eigenvalue weighted by molar-refractivity contribution is -0.138. The smallest absolute Gasteiger partial charge is 0.321 e. The van der Waals surface area contributed by atoms with Crippen LogP contribution in [0.25, 0.3) is 0 Å². The fraction of sp³-hybridized carbons (Fsp3) is 0.364. The Bertz CT molecular complexity index is 354. The average Bonchev–Trinajstić information content (AvgIpc) is 2.26. The summed E-state index contributed by atoms with van der Waals surface area (Å²) in [6.07, 6.45) is 0. The summed E-state index contributed by atoms with van der Waals surface area (Å²) >= 11 is 0. The predicted molar refractivity (Wildman–Crippen MR) is 58.4 cm³/mol. The molecule has 0 saturated heterocycles. The summed E-state index contributed by atoms with van der Waals surface area (Å²) < 4.78 is 12.7. The third-order valence-electron chi connectivity index (χ3n) is 2.33. The lowest BCUT2D eigenvalue weighted by atomic mass is 10.1. The maximum Gasteiger partial charge on any atom is 0.321 e. The molecule has 0 radical (unpaired) electrons. The third kappa shape index (κ3) is 3.60. The Morgan fingerprint density at radius 2 is 2.06 bits per heavy atom. The van der Waals surface area contributed by atoms with Gasteiger partial charge in [-0.1, -0.05) is 12.1 Å². The van der Waals surface area contributed by atoms with Gasteiger partial charge in [-0.05, 0) is 24.6 Å². The normalized spacial score (nSPS) is 14.4. The molecule has 4 N–H and O–H groups in total. The lowest BCUT2D eigenvalue weighted by Gasteiger charge is -2.15. The molecule has 0 aliphatic carbocycles. The molecule has 1 aromatic carbocycles. The molecule has 1 rings (SSSR count). The van der Waals surface area contributed by atoms with Crippen molar-refractivity contribution >= 4 is 5.97 Å². The molecule has 0 aliphatic heterocycles. The van der Waals surface area contributed by atoms with Crippen molar-refractivity contribution in [3.8, 4) is 0 Å². The minimum atomic E-state index is -1.04. The van der Waals surface area contributed by atoms with E-state index in [4.69, 9.17) is 10.8 Å². The van der Waals surface area contributed by atoms with Crippen LogP contribution >= 0.6 is 0 Å². The first-order valence-corrected chi connectivity index (χ1v) is 4.98. The first-order valence-electron chi connectivity index (χ1n) is 4.98. The number of nitrogens with one attached hydrogen (secondary N) is 1. The SMILES string of the molecule is C[C@H](NCC(N)C(=O)O)c1ccc(F)cc1. The van der Waals surface area contributed by atoms with E-state index in [0.29, 0.717) is 0 Å². The summed E-state index contributed by atoms with van der Waals surface area (Å²) in [5.74, 6) is -1.34. The highest BCUT2D eigenvalue weighted by atomic mass is 19.1. The van der Waals surface area contributed by atoms with E-state index in [1.807, 2.05) is 6.92 Å². The second-order valence-corrected chi connectivity index (χ2v) is 3.63. The van der Waals surface area contributed by atoms with Crippen LogP contribution in [-0.4, -0.2) is 23.7 Å². The number of carboxylic acid groups (broad SMARTS) is 1. The van der Waals surface area contributed by atoms with Gasteiger partial charge in [-0.15, -0.1) is 0 Å². The van der Waals surface area contributed by atoms with Gasteiger partial charge in [0, 0.05) is 12.6 Å². The zero-order valence-electron chi connectivity index (χ0n) is 8.98. The summed E-state index contributed by atoms with van der Waals surface area (Å²) in [7, 11) is 0. The van der Waals surface area contributed by atoms with Crippen LogP contribution in [0.4, 0.5) is 4.39 Å². The minimum Gasteiger partial charge on any atom is -0.480 e. The second kappa shape index (κ2) is 5.58. The molecule has 16 heavy (non-hydrogen) atoms. The molecule has 0 bridgehead atoms. The van der Waals surface area contributed by atoms with Crippen molar-refractivity contribution in [2.45, 2.75) is 19.0 Å². The van der Waals surface area contributed by atoms with E-state index in [1.54, 1.807) is 12.1 Å². The Morgan fingerprint density at radius 3 is 2.56 bits per heavy atom. The molecule has 0 saturated carbocycles. The minimum absolute atomic E-state index is 0.0639. The van der Waals surface area contributed by atoms with Crippen LogP contribution in [-0.2, 0) is 4.79 Å². The molecule has 88 valence electrons. The number of benzene rings is 1. The number of hydrogen-bond acceptors (Lipinski definition) is 3. The summed E-state index contributed by atoms with van der Waals surface area (Å²) in [5.41, 5.74) is 6.23. The first-order chi connectivity index (χ1) is 7.50. The molecule has 0 fully saturated rings. The molecule has 0 aliphatic rings. The van der Waals surface area contributed by atoms with Crippen LogP contribution in [0.2, 0.25) is 0 Å². The van der Waals surface area contributed by atoms with Gasteiger partial charge in [0.05, 0.1) is 0 Å². The maximum absolute atomic E-state index is 12.7. The summed E-state index contributed by atoms with van der Waals surface area (Å²) in [6.45, 7) is 2.04. The standard InChI is InChI=1S/C11H15FN2O2/c1-7(14-6-10(13)11(15)16)8-2-4-9(12)5-3-8/h2-5,7,10,14H,6,13H2,1H3,(H,15,16)/t7-,10?/m0/s1. The highest BCUT2D eigenvalue weighted by Crippen LogP contribution is 2.12. The highest BCUT2D eigenvalue weighted by molar-refractivity contribution is 5.73. The molecule has 1 aromatic rings. The highest BCUT2D eigenvalue weighted by Gasteiger charge is 2.13. The van der Waals surface area contributed by atoms with Gasteiger partial charge < -0.3 is 16.2 Å². The Kier molecular flexibility index (Phi) is 4.39. The van der Waals surface area contributed by atoms with Crippen molar-refractivity contribution in [2.24, 2.45) is 5.73 Å². The second-order valence-electron chi connectivity index (χ2n) is 3.63. The van der Waals surface area contributed by atoms with Gasteiger partial charge in [0.1, 0.15) is 11.9 Å². The largest absolute Gasteiger partial charge is 0.480 e. The Morgan fingerprint density at radius 1 is 1.50 bits per heavy atom. The van der Waals surface area contributed by atoms with Crippen LogP contribution in [0.15, 0.2) is 24.3 Å². The van der Waals surface area contributed by atoms with Gasteiger partial charge in [-0.3, -0.25) is 4.79 Å². The van der Waals surface area contributed by atoms with E-state index in [-0.39, 0.29) is 18.4 Å². The predicted octanol–water partition coefficient (Wildman–Crippen LogP) is 0.888. The topological polar surface area (TPSA) is 75.3 Å². The van der Waals surface area contributed by atoms with E-state index in [2.05, 4.69) is 5.32 Å². The summed E-state index contributed by atoms with van der Waals surface area (Å²) in [6, 6.07) is 5.04. The monoisotopic (exact) mass is 226 g/mol. The molecule has 1 unspecified atom stereocenters.